The number of aryl methyl sites for hydroxylation is 3. The SMILES string of the molecule is CCc1nc2c(C)cc(C)nc2n1Cc1ccc(-c2ccccc2)c(S(=O)(=O)NC(C)(C)C)c1. The molecule has 34 heavy (non-hydrogen) atoms. The molecule has 0 saturated heterocycles. The van der Waals surface area contributed by atoms with Gasteiger partial charge in [0.05, 0.1) is 11.4 Å². The van der Waals surface area contributed by atoms with Crippen LogP contribution in [0.5, 0.6) is 0 Å². The number of nitrogens with zero attached hydrogens (tertiary/aromatic N) is 3. The average Bonchev–Trinajstić information content (AvgIpc) is 3.10. The minimum Gasteiger partial charge on any atom is -0.308 e. The van der Waals surface area contributed by atoms with E-state index >= 15 is 0 Å². The number of imidazole rings is 1. The summed E-state index contributed by atoms with van der Waals surface area (Å²) in [5.74, 6) is 0.931. The van der Waals surface area contributed by atoms with Gasteiger partial charge in [0.25, 0.3) is 0 Å². The van der Waals surface area contributed by atoms with Crippen LogP contribution >= 0.6 is 0 Å². The van der Waals surface area contributed by atoms with Crippen LogP contribution < -0.4 is 4.72 Å². The number of pyridine rings is 1. The summed E-state index contributed by atoms with van der Waals surface area (Å²) >= 11 is 0. The smallest absolute Gasteiger partial charge is 0.241 e. The van der Waals surface area contributed by atoms with E-state index in [1.807, 2.05) is 83.1 Å². The number of fused-ring (bicyclic) bond motifs is 1. The van der Waals surface area contributed by atoms with Gasteiger partial charge in [-0.1, -0.05) is 49.4 Å². The molecule has 0 unspecified atom stereocenters. The molecular formula is C27H32N4O2S. The van der Waals surface area contributed by atoms with Crippen molar-refractivity contribution in [2.24, 2.45) is 0 Å². The first-order valence-electron chi connectivity index (χ1n) is 11.5. The molecule has 2 heterocycles. The van der Waals surface area contributed by atoms with E-state index in [0.29, 0.717) is 12.1 Å². The third kappa shape index (κ3) is 4.91. The van der Waals surface area contributed by atoms with Crippen LogP contribution in [0.15, 0.2) is 59.5 Å². The van der Waals surface area contributed by atoms with Crippen LogP contribution in [0, 0.1) is 13.8 Å². The van der Waals surface area contributed by atoms with Crippen molar-refractivity contribution in [3.05, 3.63) is 77.2 Å². The maximum absolute atomic E-state index is 13.5. The molecule has 0 aliphatic carbocycles. The van der Waals surface area contributed by atoms with Crippen molar-refractivity contribution in [3.63, 3.8) is 0 Å². The molecule has 4 aromatic rings. The topological polar surface area (TPSA) is 76.9 Å². The molecule has 0 bridgehead atoms. The number of nitrogens with one attached hydrogen (secondary N) is 1. The van der Waals surface area contributed by atoms with Gasteiger partial charge in [-0.25, -0.2) is 23.1 Å². The van der Waals surface area contributed by atoms with Gasteiger partial charge in [-0.3, -0.25) is 0 Å². The predicted octanol–water partition coefficient (Wildman–Crippen LogP) is 5.40. The second kappa shape index (κ2) is 8.96. The fourth-order valence-electron chi connectivity index (χ4n) is 4.27. The van der Waals surface area contributed by atoms with E-state index in [0.717, 1.165) is 45.8 Å². The summed E-state index contributed by atoms with van der Waals surface area (Å²) in [5, 5.41) is 0. The van der Waals surface area contributed by atoms with Crippen LogP contribution in [0.25, 0.3) is 22.3 Å². The van der Waals surface area contributed by atoms with E-state index < -0.39 is 15.6 Å². The minimum absolute atomic E-state index is 0.272. The lowest BCUT2D eigenvalue weighted by molar-refractivity contribution is 0.491. The van der Waals surface area contributed by atoms with Gasteiger partial charge in [-0.2, -0.15) is 0 Å². The number of rotatable bonds is 6. The molecule has 2 aromatic heterocycles. The van der Waals surface area contributed by atoms with Crippen LogP contribution in [0.4, 0.5) is 0 Å². The second-order valence-electron chi connectivity index (χ2n) is 9.77. The monoisotopic (exact) mass is 476 g/mol. The Morgan fingerprint density at radius 1 is 0.971 bits per heavy atom. The molecule has 0 aliphatic rings. The number of benzene rings is 2. The first-order valence-corrected chi connectivity index (χ1v) is 13.0. The summed E-state index contributed by atoms with van der Waals surface area (Å²) in [4.78, 5) is 9.85. The zero-order chi connectivity index (χ0) is 24.7. The highest BCUT2D eigenvalue weighted by atomic mass is 32.2. The zero-order valence-electron chi connectivity index (χ0n) is 20.7. The lowest BCUT2D eigenvalue weighted by Crippen LogP contribution is -2.40. The molecule has 0 aliphatic heterocycles. The van der Waals surface area contributed by atoms with Crippen molar-refractivity contribution >= 4 is 21.2 Å². The highest BCUT2D eigenvalue weighted by Crippen LogP contribution is 2.30. The lowest BCUT2D eigenvalue weighted by atomic mass is 10.0. The van der Waals surface area contributed by atoms with E-state index in [2.05, 4.69) is 16.2 Å². The Morgan fingerprint density at radius 2 is 1.68 bits per heavy atom. The largest absolute Gasteiger partial charge is 0.308 e. The van der Waals surface area contributed by atoms with E-state index in [1.54, 1.807) is 6.07 Å². The first kappa shape index (κ1) is 24.1. The summed E-state index contributed by atoms with van der Waals surface area (Å²) in [6.45, 7) is 12.1. The van der Waals surface area contributed by atoms with Gasteiger partial charge >= 0.3 is 0 Å². The normalized spacial score (nSPS) is 12.4. The molecule has 6 nitrogen and oxygen atoms in total. The van der Waals surface area contributed by atoms with Gasteiger partial charge in [-0.15, -0.1) is 0 Å². The molecule has 0 radical (unpaired) electrons. The van der Waals surface area contributed by atoms with E-state index in [4.69, 9.17) is 9.97 Å². The second-order valence-corrected chi connectivity index (χ2v) is 11.4. The van der Waals surface area contributed by atoms with Crippen molar-refractivity contribution in [1.29, 1.82) is 0 Å². The van der Waals surface area contributed by atoms with Crippen molar-refractivity contribution in [2.75, 3.05) is 0 Å². The van der Waals surface area contributed by atoms with Gasteiger partial charge in [-0.05, 0) is 63.4 Å². The average molecular weight is 477 g/mol. The molecule has 0 atom stereocenters. The number of hydrogen-bond acceptors (Lipinski definition) is 4. The summed E-state index contributed by atoms with van der Waals surface area (Å²) in [5.41, 5.74) is 5.57. The fraction of sp³-hybridized carbons (Fsp3) is 0.333. The molecule has 1 N–H and O–H groups in total. The van der Waals surface area contributed by atoms with Crippen LogP contribution in [0.1, 0.15) is 50.3 Å². The lowest BCUT2D eigenvalue weighted by Gasteiger charge is -2.22. The van der Waals surface area contributed by atoms with E-state index in [1.165, 1.54) is 0 Å². The minimum atomic E-state index is -3.76. The van der Waals surface area contributed by atoms with Crippen LogP contribution in [-0.2, 0) is 23.0 Å². The van der Waals surface area contributed by atoms with E-state index in [-0.39, 0.29) is 4.90 Å². The summed E-state index contributed by atoms with van der Waals surface area (Å²) < 4.78 is 31.9. The number of aromatic nitrogens is 3. The molecule has 0 saturated carbocycles. The van der Waals surface area contributed by atoms with Crippen LogP contribution in [-0.4, -0.2) is 28.5 Å². The zero-order valence-corrected chi connectivity index (χ0v) is 21.5. The molecule has 0 spiro atoms. The third-order valence-corrected chi connectivity index (χ3v) is 7.42. The van der Waals surface area contributed by atoms with Gasteiger partial charge in [0.1, 0.15) is 11.3 Å². The summed E-state index contributed by atoms with van der Waals surface area (Å²) in [6, 6.07) is 17.3. The highest BCUT2D eigenvalue weighted by Gasteiger charge is 2.26. The van der Waals surface area contributed by atoms with Gasteiger partial charge < -0.3 is 4.57 Å². The Hall–Kier alpha value is -3.03. The summed E-state index contributed by atoms with van der Waals surface area (Å²) in [6.07, 6.45) is 0.758. The first-order chi connectivity index (χ1) is 16.0. The molecular weight excluding hydrogens is 444 g/mol. The number of sulfonamides is 1. The fourth-order valence-corrected chi connectivity index (χ4v) is 5.97. The maximum atomic E-state index is 13.5. The van der Waals surface area contributed by atoms with Crippen molar-refractivity contribution in [2.45, 2.75) is 64.9 Å². The van der Waals surface area contributed by atoms with Crippen molar-refractivity contribution in [1.82, 2.24) is 19.3 Å². The van der Waals surface area contributed by atoms with Gasteiger partial charge in [0, 0.05) is 23.2 Å². The Kier molecular flexibility index (Phi) is 6.36. The molecule has 2 aromatic carbocycles. The Morgan fingerprint density at radius 3 is 2.32 bits per heavy atom. The number of hydrogen-bond donors (Lipinski definition) is 1. The third-order valence-electron chi connectivity index (χ3n) is 5.62. The maximum Gasteiger partial charge on any atom is 0.241 e. The predicted molar refractivity (Wildman–Crippen MR) is 137 cm³/mol. The molecule has 7 heteroatoms. The van der Waals surface area contributed by atoms with Crippen LogP contribution in [0.3, 0.4) is 0 Å². The highest BCUT2D eigenvalue weighted by molar-refractivity contribution is 7.89. The summed E-state index contributed by atoms with van der Waals surface area (Å²) in [7, 11) is -3.76. The quantitative estimate of drug-likeness (QED) is 0.404. The standard InChI is InChI=1S/C27H32N4O2S/c1-7-24-29-25-18(2)15-19(3)28-26(25)31(24)17-20-13-14-22(21-11-9-8-10-12-21)23(16-20)34(32,33)30-27(4,5)6/h8-16,30H,7,17H2,1-6H3. The van der Waals surface area contributed by atoms with Crippen molar-refractivity contribution < 1.29 is 8.42 Å². The molecule has 0 amide bonds. The molecule has 178 valence electrons. The van der Waals surface area contributed by atoms with Gasteiger partial charge in [0.15, 0.2) is 5.65 Å². The van der Waals surface area contributed by atoms with Crippen molar-refractivity contribution in [3.8, 4) is 11.1 Å². The van der Waals surface area contributed by atoms with Crippen LogP contribution in [0.2, 0.25) is 0 Å². The molecule has 4 rings (SSSR count). The molecule has 0 fully saturated rings. The Bertz CT molecular complexity index is 1450. The van der Waals surface area contributed by atoms with E-state index in [9.17, 15) is 8.42 Å². The van der Waals surface area contributed by atoms with Gasteiger partial charge in [0.2, 0.25) is 10.0 Å². The Balaban J connectivity index is 1.87. The Labute approximate surface area is 202 Å².